The van der Waals surface area contributed by atoms with Gasteiger partial charge in [0.15, 0.2) is 0 Å². The number of hydrogen-bond donors (Lipinski definition) is 1. The van der Waals surface area contributed by atoms with Crippen LogP contribution >= 0.6 is 12.4 Å². The first-order chi connectivity index (χ1) is 9.24. The minimum atomic E-state index is 0. The van der Waals surface area contributed by atoms with Crippen molar-refractivity contribution in [1.29, 1.82) is 0 Å². The summed E-state index contributed by atoms with van der Waals surface area (Å²) in [7, 11) is 0. The van der Waals surface area contributed by atoms with Crippen LogP contribution in [0.15, 0.2) is 24.3 Å². The topological polar surface area (TPSA) is 38.5 Å². The molecule has 4 heteroatoms. The Morgan fingerprint density at radius 3 is 2.90 bits per heavy atom. The molecule has 1 heterocycles. The highest BCUT2D eigenvalue weighted by atomic mass is 35.5. The van der Waals surface area contributed by atoms with Crippen LogP contribution in [0, 0.1) is 5.92 Å². The van der Waals surface area contributed by atoms with Crippen molar-refractivity contribution in [2.24, 2.45) is 11.7 Å². The molecular formula is C16H27ClN2O. The SMILES string of the molecule is CCOc1cccc(CN2CCCC(C)C2CN)c1.Cl. The second kappa shape index (κ2) is 8.50. The molecule has 3 nitrogen and oxygen atoms in total. The fourth-order valence-corrected chi connectivity index (χ4v) is 3.05. The molecule has 1 aromatic rings. The third-order valence-corrected chi connectivity index (χ3v) is 4.07. The van der Waals surface area contributed by atoms with Crippen molar-refractivity contribution in [3.63, 3.8) is 0 Å². The molecule has 1 aliphatic heterocycles. The van der Waals surface area contributed by atoms with Crippen LogP contribution in [0.2, 0.25) is 0 Å². The van der Waals surface area contributed by atoms with Crippen LogP contribution in [0.5, 0.6) is 5.75 Å². The average molecular weight is 299 g/mol. The molecule has 0 aliphatic carbocycles. The quantitative estimate of drug-likeness (QED) is 0.908. The van der Waals surface area contributed by atoms with E-state index in [9.17, 15) is 0 Å². The van der Waals surface area contributed by atoms with Gasteiger partial charge in [-0.2, -0.15) is 0 Å². The first-order valence-electron chi connectivity index (χ1n) is 7.40. The van der Waals surface area contributed by atoms with Gasteiger partial charge >= 0.3 is 0 Å². The number of likely N-dealkylation sites (tertiary alicyclic amines) is 1. The normalized spacial score (nSPS) is 23.1. The molecule has 1 fully saturated rings. The fourth-order valence-electron chi connectivity index (χ4n) is 3.05. The zero-order valence-electron chi connectivity index (χ0n) is 12.5. The van der Waals surface area contributed by atoms with E-state index in [0.717, 1.165) is 32.0 Å². The predicted molar refractivity (Wildman–Crippen MR) is 86.5 cm³/mol. The van der Waals surface area contributed by atoms with E-state index in [4.69, 9.17) is 10.5 Å². The number of halogens is 1. The van der Waals surface area contributed by atoms with Gasteiger partial charge in [0.2, 0.25) is 0 Å². The molecule has 0 radical (unpaired) electrons. The summed E-state index contributed by atoms with van der Waals surface area (Å²) >= 11 is 0. The number of nitrogens with two attached hydrogens (primary N) is 1. The number of nitrogens with zero attached hydrogens (tertiary/aromatic N) is 1. The van der Waals surface area contributed by atoms with E-state index in [2.05, 4.69) is 30.0 Å². The molecule has 1 aliphatic rings. The van der Waals surface area contributed by atoms with Crippen molar-refractivity contribution in [1.82, 2.24) is 4.90 Å². The smallest absolute Gasteiger partial charge is 0.119 e. The Kier molecular flexibility index (Phi) is 7.35. The van der Waals surface area contributed by atoms with Gasteiger partial charge in [-0.25, -0.2) is 0 Å². The lowest BCUT2D eigenvalue weighted by Gasteiger charge is -2.39. The van der Waals surface area contributed by atoms with Crippen molar-refractivity contribution in [2.45, 2.75) is 39.3 Å². The zero-order valence-corrected chi connectivity index (χ0v) is 13.4. The summed E-state index contributed by atoms with van der Waals surface area (Å²) in [5.41, 5.74) is 7.27. The van der Waals surface area contributed by atoms with Crippen LogP contribution in [0.1, 0.15) is 32.3 Å². The molecule has 0 bridgehead atoms. The van der Waals surface area contributed by atoms with Crippen molar-refractivity contribution >= 4 is 12.4 Å². The van der Waals surface area contributed by atoms with E-state index >= 15 is 0 Å². The lowest BCUT2D eigenvalue weighted by Crippen LogP contribution is -2.47. The molecule has 0 aromatic heterocycles. The Morgan fingerprint density at radius 1 is 1.40 bits per heavy atom. The molecule has 0 saturated carbocycles. The Bertz CT molecular complexity index is 400. The fraction of sp³-hybridized carbons (Fsp3) is 0.625. The van der Waals surface area contributed by atoms with E-state index in [1.165, 1.54) is 18.4 Å². The summed E-state index contributed by atoms with van der Waals surface area (Å²) < 4.78 is 5.57. The summed E-state index contributed by atoms with van der Waals surface area (Å²) in [6, 6.07) is 8.94. The molecule has 114 valence electrons. The Morgan fingerprint density at radius 2 is 2.20 bits per heavy atom. The van der Waals surface area contributed by atoms with Gasteiger partial charge in [0.05, 0.1) is 6.61 Å². The monoisotopic (exact) mass is 298 g/mol. The van der Waals surface area contributed by atoms with Crippen molar-refractivity contribution in [3.05, 3.63) is 29.8 Å². The van der Waals surface area contributed by atoms with Crippen LogP contribution in [-0.4, -0.2) is 30.6 Å². The molecule has 0 spiro atoms. The summed E-state index contributed by atoms with van der Waals surface area (Å²) in [6.07, 6.45) is 2.58. The standard InChI is InChI=1S/C16H26N2O.ClH/c1-3-19-15-8-4-7-14(10-15)12-18-9-5-6-13(2)16(18)11-17;/h4,7-8,10,13,16H,3,5-6,9,11-12,17H2,1-2H3;1H. The van der Waals surface area contributed by atoms with Gasteiger partial charge in [-0.3, -0.25) is 4.90 Å². The Labute approximate surface area is 128 Å². The van der Waals surface area contributed by atoms with Crippen molar-refractivity contribution in [2.75, 3.05) is 19.7 Å². The second-order valence-corrected chi connectivity index (χ2v) is 5.47. The van der Waals surface area contributed by atoms with Gasteiger partial charge in [-0.1, -0.05) is 19.1 Å². The van der Waals surface area contributed by atoms with Crippen LogP contribution in [0.25, 0.3) is 0 Å². The first kappa shape index (κ1) is 17.3. The minimum absolute atomic E-state index is 0. The third kappa shape index (κ3) is 4.37. The van der Waals surface area contributed by atoms with Gasteiger partial charge in [0.25, 0.3) is 0 Å². The van der Waals surface area contributed by atoms with E-state index in [-0.39, 0.29) is 12.4 Å². The van der Waals surface area contributed by atoms with Gasteiger partial charge in [-0.15, -0.1) is 12.4 Å². The maximum atomic E-state index is 5.95. The average Bonchev–Trinajstić information content (AvgIpc) is 2.40. The van der Waals surface area contributed by atoms with Crippen molar-refractivity contribution < 1.29 is 4.74 Å². The highest BCUT2D eigenvalue weighted by Crippen LogP contribution is 2.25. The van der Waals surface area contributed by atoms with E-state index in [1.54, 1.807) is 0 Å². The largest absolute Gasteiger partial charge is 0.494 e. The summed E-state index contributed by atoms with van der Waals surface area (Å²) in [6.45, 7) is 7.95. The van der Waals surface area contributed by atoms with Gasteiger partial charge in [-0.05, 0) is 49.9 Å². The van der Waals surface area contributed by atoms with Crippen LogP contribution in [0.4, 0.5) is 0 Å². The molecule has 0 amide bonds. The second-order valence-electron chi connectivity index (χ2n) is 5.47. The molecule has 20 heavy (non-hydrogen) atoms. The summed E-state index contributed by atoms with van der Waals surface area (Å²) in [5, 5.41) is 0. The van der Waals surface area contributed by atoms with E-state index in [1.807, 2.05) is 13.0 Å². The van der Waals surface area contributed by atoms with Gasteiger partial charge in [0, 0.05) is 19.1 Å². The van der Waals surface area contributed by atoms with Gasteiger partial charge in [0.1, 0.15) is 5.75 Å². The third-order valence-electron chi connectivity index (χ3n) is 4.07. The molecule has 1 aromatic carbocycles. The van der Waals surface area contributed by atoms with E-state index < -0.39 is 0 Å². The molecule has 1 saturated heterocycles. The number of hydrogen-bond acceptors (Lipinski definition) is 3. The highest BCUT2D eigenvalue weighted by Gasteiger charge is 2.27. The Balaban J connectivity index is 0.00000200. The summed E-state index contributed by atoms with van der Waals surface area (Å²) in [5.74, 6) is 1.67. The van der Waals surface area contributed by atoms with Crippen LogP contribution < -0.4 is 10.5 Å². The van der Waals surface area contributed by atoms with Gasteiger partial charge < -0.3 is 10.5 Å². The van der Waals surface area contributed by atoms with Crippen LogP contribution in [-0.2, 0) is 6.54 Å². The van der Waals surface area contributed by atoms with Crippen LogP contribution in [0.3, 0.4) is 0 Å². The molecule has 2 N–H and O–H groups in total. The minimum Gasteiger partial charge on any atom is -0.494 e. The molecule has 2 atom stereocenters. The summed E-state index contributed by atoms with van der Waals surface area (Å²) in [4.78, 5) is 2.53. The lowest BCUT2D eigenvalue weighted by molar-refractivity contribution is 0.0990. The molecule has 2 rings (SSSR count). The maximum Gasteiger partial charge on any atom is 0.119 e. The number of piperidine rings is 1. The molecule has 2 unspecified atom stereocenters. The lowest BCUT2D eigenvalue weighted by atomic mass is 9.90. The highest BCUT2D eigenvalue weighted by molar-refractivity contribution is 5.85. The first-order valence-corrected chi connectivity index (χ1v) is 7.40. The molecular weight excluding hydrogens is 272 g/mol. The zero-order chi connectivity index (χ0) is 13.7. The Hall–Kier alpha value is -0.770. The number of benzene rings is 1. The van der Waals surface area contributed by atoms with Crippen molar-refractivity contribution in [3.8, 4) is 5.75 Å². The maximum absolute atomic E-state index is 5.95. The van der Waals surface area contributed by atoms with E-state index in [0.29, 0.717) is 12.0 Å². The predicted octanol–water partition coefficient (Wildman–Crippen LogP) is 3.07. The number of ether oxygens (including phenoxy) is 1. The number of rotatable bonds is 5.